The highest BCUT2D eigenvalue weighted by atomic mass is 32.1. The molecule has 0 aromatic heterocycles. The summed E-state index contributed by atoms with van der Waals surface area (Å²) >= 11 is 4.73. The van der Waals surface area contributed by atoms with E-state index >= 15 is 0 Å². The summed E-state index contributed by atoms with van der Waals surface area (Å²) in [5.74, 6) is 0. The predicted molar refractivity (Wildman–Crippen MR) is 113 cm³/mol. The molecule has 0 saturated carbocycles. The van der Waals surface area contributed by atoms with Gasteiger partial charge in [-0.25, -0.2) is 0 Å². The maximum atomic E-state index is 9.53. The van der Waals surface area contributed by atoms with Gasteiger partial charge in [0.1, 0.15) is 0 Å². The van der Waals surface area contributed by atoms with Gasteiger partial charge in [0.15, 0.2) is 0 Å². The van der Waals surface area contributed by atoms with Gasteiger partial charge in [-0.1, -0.05) is 79.9 Å². The molecule has 1 atom stereocenters. The topological polar surface area (TPSA) is 20.2 Å². The molecule has 0 aliphatic heterocycles. The van der Waals surface area contributed by atoms with E-state index in [4.69, 9.17) is 12.2 Å². The van der Waals surface area contributed by atoms with E-state index in [0.29, 0.717) is 6.42 Å². The molecular formula is C22H34OS. The molecule has 24 heavy (non-hydrogen) atoms. The van der Waals surface area contributed by atoms with E-state index in [0.717, 1.165) is 51.4 Å². The Labute approximate surface area is 154 Å². The molecule has 0 aromatic rings. The van der Waals surface area contributed by atoms with Gasteiger partial charge < -0.3 is 5.11 Å². The van der Waals surface area contributed by atoms with Crippen molar-refractivity contribution >= 4 is 17.6 Å². The van der Waals surface area contributed by atoms with Gasteiger partial charge in [0.25, 0.3) is 0 Å². The average Bonchev–Trinajstić information content (AvgIpc) is 2.58. The lowest BCUT2D eigenvalue weighted by molar-refractivity contribution is 0.171. The number of rotatable bonds is 15. The van der Waals surface area contributed by atoms with E-state index in [1.807, 2.05) is 0 Å². The molecule has 0 aliphatic rings. The first kappa shape index (κ1) is 22.8. The van der Waals surface area contributed by atoms with Crippen molar-refractivity contribution in [1.29, 1.82) is 0 Å². The van der Waals surface area contributed by atoms with Gasteiger partial charge in [0.05, 0.1) is 6.10 Å². The zero-order chi connectivity index (χ0) is 17.7. The van der Waals surface area contributed by atoms with Crippen LogP contribution in [0.1, 0.15) is 64.7 Å². The van der Waals surface area contributed by atoms with Gasteiger partial charge in [-0.05, 0) is 56.7 Å². The summed E-state index contributed by atoms with van der Waals surface area (Å²) in [6, 6.07) is 0. The smallest absolute Gasteiger partial charge is 0.0582 e. The Bertz CT molecular complexity index is 416. The van der Waals surface area contributed by atoms with Crippen LogP contribution in [0, 0.1) is 0 Å². The molecule has 0 amide bonds. The summed E-state index contributed by atoms with van der Waals surface area (Å²) in [5.41, 5.74) is 0. The number of hydrogen-bond donors (Lipinski definition) is 1. The number of unbranched alkanes of at least 4 members (excludes halogenated alkanes) is 1. The monoisotopic (exact) mass is 346 g/mol. The van der Waals surface area contributed by atoms with E-state index in [-0.39, 0.29) is 6.10 Å². The minimum absolute atomic E-state index is 0.259. The van der Waals surface area contributed by atoms with Crippen LogP contribution in [0.15, 0.2) is 60.8 Å². The highest BCUT2D eigenvalue weighted by molar-refractivity contribution is 7.78. The number of allylic oxidation sites excluding steroid dienone is 10. The van der Waals surface area contributed by atoms with Gasteiger partial charge in [-0.2, -0.15) is 0 Å². The van der Waals surface area contributed by atoms with Crippen LogP contribution in [0.5, 0.6) is 0 Å². The molecule has 0 heterocycles. The Morgan fingerprint density at radius 3 is 1.67 bits per heavy atom. The van der Waals surface area contributed by atoms with Gasteiger partial charge in [-0.15, -0.1) is 0 Å². The van der Waals surface area contributed by atoms with E-state index in [2.05, 4.69) is 67.7 Å². The lowest BCUT2D eigenvalue weighted by atomic mass is 10.1. The van der Waals surface area contributed by atoms with Crippen molar-refractivity contribution in [3.05, 3.63) is 60.8 Å². The summed E-state index contributed by atoms with van der Waals surface area (Å²) in [5, 5.41) is 11.1. The second-order valence-corrected chi connectivity index (χ2v) is 6.03. The second kappa shape index (κ2) is 19.8. The third kappa shape index (κ3) is 18.8. The third-order valence-corrected chi connectivity index (χ3v) is 3.63. The van der Waals surface area contributed by atoms with Gasteiger partial charge in [-0.3, -0.25) is 0 Å². The number of aliphatic hydroxyl groups excluding tert-OH is 1. The third-order valence-electron chi connectivity index (χ3n) is 3.43. The summed E-state index contributed by atoms with van der Waals surface area (Å²) in [6.45, 7) is 2.15. The van der Waals surface area contributed by atoms with Crippen molar-refractivity contribution in [3.63, 3.8) is 0 Å². The minimum Gasteiger partial charge on any atom is -0.393 e. The fourth-order valence-corrected chi connectivity index (χ4v) is 2.29. The largest absolute Gasteiger partial charge is 0.393 e. The summed E-state index contributed by atoms with van der Waals surface area (Å²) in [6.07, 6.45) is 30.5. The van der Waals surface area contributed by atoms with Crippen LogP contribution in [-0.2, 0) is 0 Å². The van der Waals surface area contributed by atoms with Crippen molar-refractivity contribution in [1.82, 2.24) is 0 Å². The van der Waals surface area contributed by atoms with Crippen LogP contribution < -0.4 is 0 Å². The highest BCUT2D eigenvalue weighted by Crippen LogP contribution is 2.04. The maximum Gasteiger partial charge on any atom is 0.0582 e. The molecule has 2 heteroatoms. The molecule has 0 fully saturated rings. The van der Waals surface area contributed by atoms with Crippen LogP contribution in [0.3, 0.4) is 0 Å². The summed E-state index contributed by atoms with van der Waals surface area (Å²) in [4.78, 5) is 0. The molecule has 1 nitrogen and oxygen atoms in total. The molecule has 0 spiro atoms. The Morgan fingerprint density at radius 1 is 0.750 bits per heavy atom. The molecule has 0 bridgehead atoms. The van der Waals surface area contributed by atoms with Gasteiger partial charge in [0, 0.05) is 6.42 Å². The minimum atomic E-state index is -0.259. The quantitative estimate of drug-likeness (QED) is 0.203. The molecule has 134 valence electrons. The molecule has 0 aliphatic carbocycles. The molecule has 0 saturated heterocycles. The van der Waals surface area contributed by atoms with Crippen molar-refractivity contribution in [3.8, 4) is 0 Å². The van der Waals surface area contributed by atoms with E-state index < -0.39 is 0 Å². The molecule has 1 unspecified atom stereocenters. The first-order valence-corrected chi connectivity index (χ1v) is 9.65. The van der Waals surface area contributed by atoms with Gasteiger partial charge in [0.2, 0.25) is 0 Å². The summed E-state index contributed by atoms with van der Waals surface area (Å²) in [7, 11) is 0. The maximum absolute atomic E-state index is 9.53. The van der Waals surface area contributed by atoms with Crippen LogP contribution in [0.2, 0.25) is 0 Å². The van der Waals surface area contributed by atoms with Crippen molar-refractivity contribution in [2.75, 3.05) is 0 Å². The molecule has 0 radical (unpaired) electrons. The number of aliphatic hydroxyl groups is 1. The Hall–Kier alpha value is -1.25. The Morgan fingerprint density at radius 2 is 1.21 bits per heavy atom. The van der Waals surface area contributed by atoms with Crippen molar-refractivity contribution in [2.45, 2.75) is 70.8 Å². The molecule has 0 rings (SSSR count). The molecule has 0 aromatic carbocycles. The van der Waals surface area contributed by atoms with Crippen molar-refractivity contribution < 1.29 is 5.11 Å². The first-order chi connectivity index (χ1) is 11.8. The van der Waals surface area contributed by atoms with Crippen LogP contribution in [-0.4, -0.2) is 16.6 Å². The number of thiocarbonyl (C=S) groups is 1. The first-order valence-electron chi connectivity index (χ1n) is 9.17. The Balaban J connectivity index is 3.48. The molecule has 1 N–H and O–H groups in total. The fraction of sp³-hybridized carbons (Fsp3) is 0.500. The molecular weight excluding hydrogens is 312 g/mol. The van der Waals surface area contributed by atoms with Crippen LogP contribution in [0.25, 0.3) is 0 Å². The number of hydrogen-bond acceptors (Lipinski definition) is 2. The average molecular weight is 347 g/mol. The van der Waals surface area contributed by atoms with E-state index in [9.17, 15) is 5.11 Å². The van der Waals surface area contributed by atoms with Gasteiger partial charge >= 0.3 is 0 Å². The SMILES string of the molecule is CC/C=C\C/C=C\C/C=C\C/C=C\C/C=C\CCCC(O)CC=S. The normalized spacial score (nSPS) is 14.1. The lowest BCUT2D eigenvalue weighted by Gasteiger charge is -2.04. The zero-order valence-electron chi connectivity index (χ0n) is 15.1. The van der Waals surface area contributed by atoms with E-state index in [1.165, 1.54) is 0 Å². The Kier molecular flexibility index (Phi) is 18.8. The fourth-order valence-electron chi connectivity index (χ4n) is 2.07. The summed E-state index contributed by atoms with van der Waals surface area (Å²) < 4.78 is 0. The van der Waals surface area contributed by atoms with Crippen molar-refractivity contribution in [2.24, 2.45) is 0 Å². The van der Waals surface area contributed by atoms with Crippen LogP contribution in [0.4, 0.5) is 0 Å². The van der Waals surface area contributed by atoms with Crippen LogP contribution >= 0.6 is 12.2 Å². The lowest BCUT2D eigenvalue weighted by Crippen LogP contribution is -2.05. The highest BCUT2D eigenvalue weighted by Gasteiger charge is 1.99. The predicted octanol–water partition coefficient (Wildman–Crippen LogP) is 6.66. The second-order valence-electron chi connectivity index (χ2n) is 5.70. The van der Waals surface area contributed by atoms with E-state index in [1.54, 1.807) is 5.37 Å². The zero-order valence-corrected chi connectivity index (χ0v) is 16.0. The standard InChI is InChI=1S/C22H34OS/c1-2-3-4-5-6-7-8-9-10-11-12-13-14-15-16-17-18-19-22(23)20-21-24/h3-4,6-7,9-10,12-13,15-16,21-23H,2,5,8,11,14,17-20H2,1H3/b4-3-,7-6-,10-9-,13-12-,16-15-.